The lowest BCUT2D eigenvalue weighted by Gasteiger charge is -2.14. The molecule has 21 heavy (non-hydrogen) atoms. The highest BCUT2D eigenvalue weighted by Gasteiger charge is 2.09. The molecule has 1 unspecified atom stereocenters. The summed E-state index contributed by atoms with van der Waals surface area (Å²) in [5, 5.41) is 4.44. The van der Waals surface area contributed by atoms with Crippen LogP contribution in [0.25, 0.3) is 0 Å². The molecule has 4 heteroatoms. The van der Waals surface area contributed by atoms with Crippen molar-refractivity contribution in [2.45, 2.75) is 45.8 Å². The summed E-state index contributed by atoms with van der Waals surface area (Å²) in [5.74, 6) is 0.917. The number of ether oxygens (including phenoxy) is 1. The Morgan fingerprint density at radius 3 is 2.71 bits per heavy atom. The van der Waals surface area contributed by atoms with Gasteiger partial charge < -0.3 is 10.5 Å². The van der Waals surface area contributed by atoms with Crippen LogP contribution in [0.4, 0.5) is 0 Å². The van der Waals surface area contributed by atoms with Crippen molar-refractivity contribution in [3.63, 3.8) is 0 Å². The van der Waals surface area contributed by atoms with Gasteiger partial charge in [-0.3, -0.25) is 4.68 Å². The molecule has 1 atom stereocenters. The molecule has 0 radical (unpaired) electrons. The summed E-state index contributed by atoms with van der Waals surface area (Å²) in [5.41, 5.74) is 9.41. The van der Waals surface area contributed by atoms with Crippen molar-refractivity contribution in [1.82, 2.24) is 9.78 Å². The molecule has 0 bridgehead atoms. The minimum Gasteiger partial charge on any atom is -0.487 e. The van der Waals surface area contributed by atoms with E-state index in [0.717, 1.165) is 36.4 Å². The molecule has 0 aliphatic carbocycles. The predicted octanol–water partition coefficient (Wildman–Crippen LogP) is 2.84. The van der Waals surface area contributed by atoms with Crippen LogP contribution in [-0.4, -0.2) is 15.8 Å². The second-order valence-electron chi connectivity index (χ2n) is 5.37. The van der Waals surface area contributed by atoms with Crippen molar-refractivity contribution in [2.75, 3.05) is 0 Å². The second kappa shape index (κ2) is 7.27. The lowest BCUT2D eigenvalue weighted by Crippen LogP contribution is -2.21. The van der Waals surface area contributed by atoms with E-state index in [2.05, 4.69) is 31.1 Å². The average Bonchev–Trinajstić information content (AvgIpc) is 2.86. The van der Waals surface area contributed by atoms with E-state index >= 15 is 0 Å². The van der Waals surface area contributed by atoms with Crippen molar-refractivity contribution in [3.05, 3.63) is 47.3 Å². The Labute approximate surface area is 126 Å². The number of nitrogens with two attached hydrogens (primary N) is 1. The van der Waals surface area contributed by atoms with Gasteiger partial charge in [-0.1, -0.05) is 32.0 Å². The quantitative estimate of drug-likeness (QED) is 0.852. The molecule has 0 spiro atoms. The van der Waals surface area contributed by atoms with E-state index in [1.165, 1.54) is 5.56 Å². The van der Waals surface area contributed by atoms with Gasteiger partial charge in [0.25, 0.3) is 0 Å². The number of aromatic nitrogens is 2. The third-order valence-corrected chi connectivity index (χ3v) is 3.74. The van der Waals surface area contributed by atoms with Crippen molar-refractivity contribution >= 4 is 0 Å². The SMILES string of the molecule is CCc1cc(COc2ccccc2CC(N)CC)n(C)n1. The summed E-state index contributed by atoms with van der Waals surface area (Å²) in [4.78, 5) is 0. The summed E-state index contributed by atoms with van der Waals surface area (Å²) >= 11 is 0. The number of benzene rings is 1. The van der Waals surface area contributed by atoms with Crippen molar-refractivity contribution in [1.29, 1.82) is 0 Å². The molecule has 0 fully saturated rings. The highest BCUT2D eigenvalue weighted by Crippen LogP contribution is 2.21. The van der Waals surface area contributed by atoms with Crippen LogP contribution in [0.1, 0.15) is 37.2 Å². The fraction of sp³-hybridized carbons (Fsp3) is 0.471. The van der Waals surface area contributed by atoms with Crippen molar-refractivity contribution in [2.24, 2.45) is 12.8 Å². The minimum absolute atomic E-state index is 0.179. The van der Waals surface area contributed by atoms with E-state index in [9.17, 15) is 0 Å². The van der Waals surface area contributed by atoms with E-state index in [1.807, 2.05) is 29.9 Å². The molecule has 0 saturated carbocycles. The van der Waals surface area contributed by atoms with Gasteiger partial charge in [0.15, 0.2) is 0 Å². The fourth-order valence-corrected chi connectivity index (χ4v) is 2.27. The lowest BCUT2D eigenvalue weighted by molar-refractivity contribution is 0.291. The first kappa shape index (κ1) is 15.6. The third-order valence-electron chi connectivity index (χ3n) is 3.74. The van der Waals surface area contributed by atoms with Crippen LogP contribution < -0.4 is 10.5 Å². The summed E-state index contributed by atoms with van der Waals surface area (Å²) in [7, 11) is 1.96. The molecule has 0 saturated heterocycles. The van der Waals surface area contributed by atoms with E-state index in [-0.39, 0.29) is 6.04 Å². The number of aryl methyl sites for hydroxylation is 2. The summed E-state index contributed by atoms with van der Waals surface area (Å²) < 4.78 is 7.88. The Kier molecular flexibility index (Phi) is 5.39. The Balaban J connectivity index is 2.07. The van der Waals surface area contributed by atoms with Gasteiger partial charge in [-0.2, -0.15) is 5.10 Å². The molecular weight excluding hydrogens is 262 g/mol. The van der Waals surface area contributed by atoms with E-state index < -0.39 is 0 Å². The number of hydrogen-bond donors (Lipinski definition) is 1. The van der Waals surface area contributed by atoms with Crippen LogP contribution >= 0.6 is 0 Å². The number of para-hydroxylation sites is 1. The Morgan fingerprint density at radius 2 is 2.05 bits per heavy atom. The highest BCUT2D eigenvalue weighted by molar-refractivity contribution is 5.34. The summed E-state index contributed by atoms with van der Waals surface area (Å²) in [6.45, 7) is 4.74. The van der Waals surface area contributed by atoms with Gasteiger partial charge in [0.2, 0.25) is 0 Å². The van der Waals surface area contributed by atoms with Crippen LogP contribution in [-0.2, 0) is 26.5 Å². The fourth-order valence-electron chi connectivity index (χ4n) is 2.27. The second-order valence-corrected chi connectivity index (χ2v) is 5.37. The van der Waals surface area contributed by atoms with Crippen LogP contribution in [0.3, 0.4) is 0 Å². The highest BCUT2D eigenvalue weighted by atomic mass is 16.5. The minimum atomic E-state index is 0.179. The summed E-state index contributed by atoms with van der Waals surface area (Å²) in [6, 6.07) is 10.4. The number of rotatable bonds is 7. The largest absolute Gasteiger partial charge is 0.487 e. The van der Waals surface area contributed by atoms with Gasteiger partial charge in [0.05, 0.1) is 11.4 Å². The molecule has 0 aliphatic heterocycles. The van der Waals surface area contributed by atoms with Gasteiger partial charge in [-0.15, -0.1) is 0 Å². The molecule has 2 aromatic rings. The van der Waals surface area contributed by atoms with Crippen molar-refractivity contribution in [3.8, 4) is 5.75 Å². The lowest BCUT2D eigenvalue weighted by atomic mass is 10.0. The van der Waals surface area contributed by atoms with Crippen LogP contribution in [0.5, 0.6) is 5.75 Å². The monoisotopic (exact) mass is 287 g/mol. The van der Waals surface area contributed by atoms with Crippen LogP contribution in [0.2, 0.25) is 0 Å². The van der Waals surface area contributed by atoms with E-state index in [4.69, 9.17) is 10.5 Å². The summed E-state index contributed by atoms with van der Waals surface area (Å²) in [6.07, 6.45) is 2.75. The first-order chi connectivity index (χ1) is 10.1. The molecule has 2 rings (SSSR count). The normalized spacial score (nSPS) is 12.4. The van der Waals surface area contributed by atoms with Gasteiger partial charge in [-0.25, -0.2) is 0 Å². The standard InChI is InChI=1S/C17H25N3O/c1-4-14(18)10-13-8-6-7-9-17(13)21-12-16-11-15(5-2)19-20(16)3/h6-9,11,14H,4-5,10,12,18H2,1-3H3. The number of nitrogens with zero attached hydrogens (tertiary/aromatic N) is 2. The molecule has 0 aliphatic rings. The molecule has 1 aromatic carbocycles. The predicted molar refractivity (Wildman–Crippen MR) is 85.3 cm³/mol. The Hall–Kier alpha value is -1.81. The average molecular weight is 287 g/mol. The Bertz CT molecular complexity index is 577. The first-order valence-electron chi connectivity index (χ1n) is 7.62. The smallest absolute Gasteiger partial charge is 0.130 e. The van der Waals surface area contributed by atoms with Crippen molar-refractivity contribution < 1.29 is 4.74 Å². The molecule has 1 heterocycles. The van der Waals surface area contributed by atoms with Crippen LogP contribution in [0, 0.1) is 0 Å². The van der Waals surface area contributed by atoms with Gasteiger partial charge in [0.1, 0.15) is 12.4 Å². The Morgan fingerprint density at radius 1 is 1.29 bits per heavy atom. The van der Waals surface area contributed by atoms with Gasteiger partial charge in [0, 0.05) is 13.1 Å². The molecule has 2 N–H and O–H groups in total. The van der Waals surface area contributed by atoms with Gasteiger partial charge >= 0.3 is 0 Å². The molecule has 114 valence electrons. The topological polar surface area (TPSA) is 53.1 Å². The van der Waals surface area contributed by atoms with E-state index in [0.29, 0.717) is 6.61 Å². The zero-order valence-electron chi connectivity index (χ0n) is 13.2. The maximum atomic E-state index is 6.06. The molecule has 0 amide bonds. The zero-order chi connectivity index (χ0) is 15.2. The molecular formula is C17H25N3O. The van der Waals surface area contributed by atoms with E-state index in [1.54, 1.807) is 0 Å². The third kappa shape index (κ3) is 4.08. The zero-order valence-corrected chi connectivity index (χ0v) is 13.2. The van der Waals surface area contributed by atoms with Crippen LogP contribution in [0.15, 0.2) is 30.3 Å². The molecule has 1 aromatic heterocycles. The first-order valence-corrected chi connectivity index (χ1v) is 7.62. The molecule has 4 nitrogen and oxygen atoms in total. The maximum Gasteiger partial charge on any atom is 0.130 e. The number of hydrogen-bond acceptors (Lipinski definition) is 3. The van der Waals surface area contributed by atoms with Gasteiger partial charge in [-0.05, 0) is 37.0 Å². The maximum absolute atomic E-state index is 6.06.